The lowest BCUT2D eigenvalue weighted by atomic mass is 9.88. The van der Waals surface area contributed by atoms with E-state index in [1.54, 1.807) is 0 Å². The average Bonchev–Trinajstić information content (AvgIpc) is 3.11. The van der Waals surface area contributed by atoms with Gasteiger partial charge in [-0.3, -0.25) is 10.1 Å². The second kappa shape index (κ2) is 8.35. The fourth-order valence-electron chi connectivity index (χ4n) is 3.33. The molecule has 25 heavy (non-hydrogen) atoms. The Morgan fingerprint density at radius 1 is 1.12 bits per heavy atom. The molecule has 1 saturated carbocycles. The van der Waals surface area contributed by atoms with Gasteiger partial charge in [-0.25, -0.2) is 4.79 Å². The minimum Gasteiger partial charge on any atom is -0.466 e. The summed E-state index contributed by atoms with van der Waals surface area (Å²) in [4.78, 5) is 24.4. The van der Waals surface area contributed by atoms with E-state index in [-0.39, 0.29) is 6.54 Å². The summed E-state index contributed by atoms with van der Waals surface area (Å²) in [6.45, 7) is 0.261. The molecule has 144 valence electrons. The van der Waals surface area contributed by atoms with Crippen molar-refractivity contribution in [2.24, 2.45) is 5.92 Å². The Balaban J connectivity index is 2.18. The molecular formula is C16H25F3N2O4. The highest BCUT2D eigenvalue weighted by molar-refractivity contribution is 5.89. The van der Waals surface area contributed by atoms with Gasteiger partial charge in [-0.15, -0.1) is 0 Å². The van der Waals surface area contributed by atoms with Gasteiger partial charge in [0.05, 0.1) is 13.2 Å². The third kappa shape index (κ3) is 4.63. The number of amides is 1. The average molecular weight is 366 g/mol. The van der Waals surface area contributed by atoms with Crippen molar-refractivity contribution in [1.29, 1.82) is 0 Å². The molecule has 0 unspecified atom stereocenters. The minimum atomic E-state index is -5.05. The minimum absolute atomic E-state index is 0.209. The fraction of sp³-hybridized carbons (Fsp3) is 0.875. The third-order valence-electron chi connectivity index (χ3n) is 4.82. The molecule has 0 bridgehead atoms. The highest BCUT2D eigenvalue weighted by Crippen LogP contribution is 2.32. The van der Waals surface area contributed by atoms with Gasteiger partial charge in [-0.1, -0.05) is 19.3 Å². The summed E-state index contributed by atoms with van der Waals surface area (Å²) in [5.74, 6) is -2.88. The van der Waals surface area contributed by atoms with E-state index in [1.165, 1.54) is 0 Å². The summed E-state index contributed by atoms with van der Waals surface area (Å²) >= 11 is 0. The maximum absolute atomic E-state index is 13.8. The molecule has 0 aromatic rings. The van der Waals surface area contributed by atoms with E-state index in [0.29, 0.717) is 25.9 Å². The first-order valence-electron chi connectivity index (χ1n) is 8.64. The molecule has 1 saturated heterocycles. The largest absolute Gasteiger partial charge is 0.466 e. The number of alkyl halides is 3. The maximum Gasteiger partial charge on any atom is 0.436 e. The van der Waals surface area contributed by atoms with Crippen molar-refractivity contribution in [2.75, 3.05) is 20.3 Å². The normalized spacial score (nSPS) is 24.6. The van der Waals surface area contributed by atoms with E-state index in [4.69, 9.17) is 4.74 Å². The Morgan fingerprint density at radius 3 is 2.32 bits per heavy atom. The molecule has 2 N–H and O–H groups in total. The molecule has 1 amide bonds. The number of halogens is 3. The maximum atomic E-state index is 13.8. The van der Waals surface area contributed by atoms with Crippen LogP contribution in [0.1, 0.15) is 44.9 Å². The Kier molecular flexibility index (Phi) is 6.67. The first-order valence-corrected chi connectivity index (χ1v) is 8.64. The zero-order chi connectivity index (χ0) is 18.5. The number of esters is 1. The van der Waals surface area contributed by atoms with Gasteiger partial charge < -0.3 is 14.8 Å². The van der Waals surface area contributed by atoms with Crippen molar-refractivity contribution in [2.45, 2.75) is 62.9 Å². The number of carbonyl (C=O) groups excluding carboxylic acids is 2. The topological polar surface area (TPSA) is 76.7 Å². The van der Waals surface area contributed by atoms with Gasteiger partial charge in [0.1, 0.15) is 0 Å². The quantitative estimate of drug-likeness (QED) is 0.555. The lowest BCUT2D eigenvalue weighted by molar-refractivity contribution is -0.221. The van der Waals surface area contributed by atoms with Crippen LogP contribution in [-0.2, 0) is 19.1 Å². The van der Waals surface area contributed by atoms with Crippen molar-refractivity contribution in [1.82, 2.24) is 10.6 Å². The highest BCUT2D eigenvalue weighted by atomic mass is 19.4. The third-order valence-corrected chi connectivity index (χ3v) is 4.82. The molecule has 2 atom stereocenters. The zero-order valence-corrected chi connectivity index (χ0v) is 14.3. The van der Waals surface area contributed by atoms with E-state index in [1.807, 2.05) is 5.32 Å². The van der Waals surface area contributed by atoms with Crippen LogP contribution in [0.5, 0.6) is 0 Å². The summed E-state index contributed by atoms with van der Waals surface area (Å²) in [6.07, 6.45) is -0.559. The Morgan fingerprint density at radius 2 is 1.80 bits per heavy atom. The van der Waals surface area contributed by atoms with Gasteiger partial charge in [0.25, 0.3) is 5.66 Å². The van der Waals surface area contributed by atoms with Crippen LogP contribution in [0, 0.1) is 5.92 Å². The summed E-state index contributed by atoms with van der Waals surface area (Å²) in [5, 5.41) is 4.09. The van der Waals surface area contributed by atoms with Gasteiger partial charge in [0.2, 0.25) is 5.91 Å². The predicted octanol–water partition coefficient (Wildman–Crippen LogP) is 1.88. The molecule has 0 aromatic carbocycles. The van der Waals surface area contributed by atoms with Gasteiger partial charge in [0.15, 0.2) is 0 Å². The number of carbonyl (C=O) groups is 2. The van der Waals surface area contributed by atoms with E-state index >= 15 is 0 Å². The van der Waals surface area contributed by atoms with Crippen molar-refractivity contribution in [3.05, 3.63) is 0 Å². The summed E-state index contributed by atoms with van der Waals surface area (Å²) in [7, 11) is 0.864. The molecule has 2 aliphatic rings. The van der Waals surface area contributed by atoms with Gasteiger partial charge in [0, 0.05) is 19.1 Å². The summed E-state index contributed by atoms with van der Waals surface area (Å²) < 4.78 is 51.1. The number of hydrogen-bond acceptors (Lipinski definition) is 5. The monoisotopic (exact) mass is 366 g/mol. The summed E-state index contributed by atoms with van der Waals surface area (Å²) in [6, 6.07) is 0. The van der Waals surface area contributed by atoms with Crippen molar-refractivity contribution in [3.8, 4) is 0 Å². The van der Waals surface area contributed by atoms with Crippen LogP contribution in [-0.4, -0.2) is 50.1 Å². The van der Waals surface area contributed by atoms with Crippen LogP contribution >= 0.6 is 0 Å². The van der Waals surface area contributed by atoms with Crippen LogP contribution in [0.4, 0.5) is 13.2 Å². The second-order valence-electron chi connectivity index (χ2n) is 6.58. The predicted molar refractivity (Wildman–Crippen MR) is 82.5 cm³/mol. The van der Waals surface area contributed by atoms with Crippen molar-refractivity contribution >= 4 is 11.9 Å². The number of methoxy groups -OCH3 is 1. The number of ether oxygens (including phenoxy) is 2. The standard InChI is InChI=1S/C16H25F3N2O4/c1-24-14(23)15(16(17,18)19,20-10-12-8-5-9-25-12)21-13(22)11-6-3-2-4-7-11/h11-12,20H,2-10H2,1H3,(H,21,22)/t12-,15-/m1/s1. The molecule has 2 rings (SSSR count). The van der Waals surface area contributed by atoms with Gasteiger partial charge in [-0.2, -0.15) is 13.2 Å². The summed E-state index contributed by atoms with van der Waals surface area (Å²) in [5.41, 5.74) is -3.26. The Bertz CT molecular complexity index is 474. The van der Waals surface area contributed by atoms with Gasteiger partial charge in [-0.05, 0) is 25.7 Å². The first kappa shape index (κ1) is 20.0. The van der Waals surface area contributed by atoms with E-state index in [9.17, 15) is 22.8 Å². The molecule has 1 aliphatic heterocycles. The van der Waals surface area contributed by atoms with Crippen LogP contribution in [0.3, 0.4) is 0 Å². The second-order valence-corrected chi connectivity index (χ2v) is 6.58. The van der Waals surface area contributed by atoms with Crippen LogP contribution in [0.15, 0.2) is 0 Å². The molecule has 0 aromatic heterocycles. The highest BCUT2D eigenvalue weighted by Gasteiger charge is 2.63. The molecule has 1 aliphatic carbocycles. The number of rotatable bonds is 6. The van der Waals surface area contributed by atoms with Crippen LogP contribution < -0.4 is 10.6 Å². The Hall–Kier alpha value is -1.35. The van der Waals surface area contributed by atoms with Crippen molar-refractivity contribution < 1.29 is 32.2 Å². The molecule has 0 spiro atoms. The van der Waals surface area contributed by atoms with E-state index in [0.717, 1.165) is 32.8 Å². The zero-order valence-electron chi connectivity index (χ0n) is 14.3. The van der Waals surface area contributed by atoms with Crippen LogP contribution in [0.2, 0.25) is 0 Å². The lowest BCUT2D eigenvalue weighted by Crippen LogP contribution is -2.73. The molecule has 6 nitrogen and oxygen atoms in total. The molecular weight excluding hydrogens is 341 g/mol. The number of hydrogen-bond donors (Lipinski definition) is 2. The SMILES string of the molecule is COC(=O)[C@@](NC[C@H]1CCCO1)(NC(=O)C1CCCCC1)C(F)(F)F. The lowest BCUT2D eigenvalue weighted by Gasteiger charge is -2.36. The van der Waals surface area contributed by atoms with E-state index in [2.05, 4.69) is 10.1 Å². The Labute approximate surface area is 144 Å². The smallest absolute Gasteiger partial charge is 0.436 e. The first-order chi connectivity index (χ1) is 11.8. The van der Waals surface area contributed by atoms with E-state index < -0.39 is 35.7 Å². The molecule has 9 heteroatoms. The fourth-order valence-corrected chi connectivity index (χ4v) is 3.33. The molecule has 2 fully saturated rings. The van der Waals surface area contributed by atoms with Crippen molar-refractivity contribution in [3.63, 3.8) is 0 Å². The molecule has 1 heterocycles. The van der Waals surface area contributed by atoms with Crippen LogP contribution in [0.25, 0.3) is 0 Å². The molecule has 0 radical (unpaired) electrons. The van der Waals surface area contributed by atoms with Gasteiger partial charge >= 0.3 is 12.1 Å². The number of nitrogens with one attached hydrogen (secondary N) is 2.